The van der Waals surface area contributed by atoms with Crippen molar-refractivity contribution in [1.29, 1.82) is 0 Å². The zero-order chi connectivity index (χ0) is 25.9. The Morgan fingerprint density at radius 1 is 1.03 bits per heavy atom. The Morgan fingerprint density at radius 2 is 1.87 bits per heavy atom. The third kappa shape index (κ3) is 5.16. The first kappa shape index (κ1) is 24.3. The third-order valence-corrected chi connectivity index (χ3v) is 7.69. The van der Waals surface area contributed by atoms with Crippen LogP contribution in [0.1, 0.15) is 34.0 Å². The number of piperidine rings is 1. The number of aromatic nitrogens is 4. The van der Waals surface area contributed by atoms with E-state index in [1.165, 1.54) is 16.9 Å². The second-order valence-corrected chi connectivity index (χ2v) is 10.4. The Labute approximate surface area is 225 Å². The van der Waals surface area contributed by atoms with Crippen LogP contribution in [0.2, 0.25) is 0 Å². The lowest BCUT2D eigenvalue weighted by atomic mass is 10.0. The molecule has 1 saturated heterocycles. The van der Waals surface area contributed by atoms with Gasteiger partial charge in [0.1, 0.15) is 0 Å². The molecule has 192 valence electrons. The van der Waals surface area contributed by atoms with Gasteiger partial charge < -0.3 is 4.42 Å². The molecule has 8 nitrogen and oxygen atoms in total. The number of likely N-dealkylation sites (tertiary alicyclic amines) is 1. The summed E-state index contributed by atoms with van der Waals surface area (Å²) in [5.74, 6) is 1.64. The van der Waals surface area contributed by atoms with Gasteiger partial charge in [0.25, 0.3) is 5.91 Å². The lowest BCUT2D eigenvalue weighted by molar-refractivity contribution is 0.0961. The minimum atomic E-state index is 0.00171. The molecule has 1 fully saturated rings. The molecule has 0 atom stereocenters. The fourth-order valence-electron chi connectivity index (χ4n) is 4.93. The van der Waals surface area contributed by atoms with Crippen molar-refractivity contribution >= 4 is 23.1 Å². The van der Waals surface area contributed by atoms with Gasteiger partial charge in [0.15, 0.2) is 5.82 Å². The van der Waals surface area contributed by atoms with Crippen LogP contribution in [0.5, 0.6) is 0 Å². The summed E-state index contributed by atoms with van der Waals surface area (Å²) in [6, 6.07) is 24.1. The normalized spacial score (nSPS) is 14.6. The van der Waals surface area contributed by atoms with Gasteiger partial charge in [-0.2, -0.15) is 0 Å². The summed E-state index contributed by atoms with van der Waals surface area (Å²) < 4.78 is 7.39. The van der Waals surface area contributed by atoms with Gasteiger partial charge in [0, 0.05) is 50.4 Å². The molecule has 1 aliphatic rings. The molecule has 4 heterocycles. The standard InChI is InChI=1S/C29H28N6O2S/c1-21-30-31-28(37-21)23-9-5-10-25(19-23)34-17-14-27(32-34)35(29(36)26-11-6-18-38-26)24-12-15-33(16-13-24)20-22-7-3-2-4-8-22/h2-11,14,17-19,24H,12-13,15-16,20H2,1H3. The van der Waals surface area contributed by atoms with Crippen molar-refractivity contribution in [1.82, 2.24) is 24.9 Å². The number of aryl methyl sites for hydroxylation is 1. The summed E-state index contributed by atoms with van der Waals surface area (Å²) in [5, 5.41) is 14.9. The number of carbonyl (C=O) groups excluding carboxylic acids is 1. The zero-order valence-corrected chi connectivity index (χ0v) is 21.9. The molecular formula is C29H28N6O2S. The molecule has 1 aliphatic heterocycles. The van der Waals surface area contributed by atoms with Crippen molar-refractivity contribution in [2.45, 2.75) is 32.4 Å². The maximum atomic E-state index is 13.7. The number of rotatable bonds is 7. The minimum absolute atomic E-state index is 0.00171. The number of hydrogen-bond acceptors (Lipinski definition) is 7. The van der Waals surface area contributed by atoms with Crippen molar-refractivity contribution in [3.8, 4) is 17.1 Å². The van der Waals surface area contributed by atoms with Crippen LogP contribution < -0.4 is 4.90 Å². The largest absolute Gasteiger partial charge is 0.421 e. The highest BCUT2D eigenvalue weighted by Gasteiger charge is 2.32. The van der Waals surface area contributed by atoms with E-state index in [0.29, 0.717) is 17.6 Å². The molecule has 0 aliphatic carbocycles. The van der Waals surface area contributed by atoms with E-state index in [2.05, 4.69) is 39.4 Å². The number of anilines is 1. The van der Waals surface area contributed by atoms with E-state index >= 15 is 0 Å². The second-order valence-electron chi connectivity index (χ2n) is 9.44. The molecule has 5 aromatic rings. The fraction of sp³-hybridized carbons (Fsp3) is 0.241. The maximum Gasteiger partial charge on any atom is 0.269 e. The van der Waals surface area contributed by atoms with Gasteiger partial charge in [-0.25, -0.2) is 4.68 Å². The Balaban J connectivity index is 1.24. The fourth-order valence-corrected chi connectivity index (χ4v) is 5.59. The number of hydrogen-bond donors (Lipinski definition) is 0. The van der Waals surface area contributed by atoms with Crippen molar-refractivity contribution in [2.24, 2.45) is 0 Å². The molecule has 6 rings (SSSR count). The Morgan fingerprint density at radius 3 is 2.61 bits per heavy atom. The molecule has 9 heteroatoms. The van der Waals surface area contributed by atoms with E-state index in [1.807, 2.05) is 65.0 Å². The molecule has 0 N–H and O–H groups in total. The summed E-state index contributed by atoms with van der Waals surface area (Å²) >= 11 is 1.47. The first-order chi connectivity index (χ1) is 18.6. The number of amides is 1. The number of nitrogens with zero attached hydrogens (tertiary/aromatic N) is 6. The van der Waals surface area contributed by atoms with E-state index < -0.39 is 0 Å². The Hall–Kier alpha value is -4.08. The SMILES string of the molecule is Cc1nnc(-c2cccc(-n3ccc(N(C(=O)c4cccs4)C4CCN(Cc5ccccc5)CC4)n3)c2)o1. The molecule has 0 bridgehead atoms. The molecule has 1 amide bonds. The topological polar surface area (TPSA) is 80.3 Å². The van der Waals surface area contributed by atoms with Gasteiger partial charge >= 0.3 is 0 Å². The van der Waals surface area contributed by atoms with Crippen molar-refractivity contribution in [3.63, 3.8) is 0 Å². The lowest BCUT2D eigenvalue weighted by Crippen LogP contribution is -2.47. The van der Waals surface area contributed by atoms with Crippen molar-refractivity contribution < 1.29 is 9.21 Å². The Bertz CT molecular complexity index is 1500. The second kappa shape index (κ2) is 10.7. The zero-order valence-electron chi connectivity index (χ0n) is 21.1. The quantitative estimate of drug-likeness (QED) is 0.276. The monoisotopic (exact) mass is 524 g/mol. The maximum absolute atomic E-state index is 13.7. The molecule has 2 aromatic carbocycles. The average Bonchev–Trinajstić information content (AvgIpc) is 3.73. The van der Waals surface area contributed by atoms with E-state index in [0.717, 1.165) is 48.6 Å². The predicted molar refractivity (Wildman–Crippen MR) is 147 cm³/mol. The van der Waals surface area contributed by atoms with Gasteiger partial charge in [-0.15, -0.1) is 26.6 Å². The van der Waals surface area contributed by atoms with Gasteiger partial charge in [0.2, 0.25) is 11.8 Å². The summed E-state index contributed by atoms with van der Waals surface area (Å²) in [6.45, 7) is 4.56. The molecular weight excluding hydrogens is 496 g/mol. The molecule has 0 spiro atoms. The molecule has 3 aromatic heterocycles. The van der Waals surface area contributed by atoms with Gasteiger partial charge in [0.05, 0.1) is 10.6 Å². The molecule has 0 unspecified atom stereocenters. The van der Waals surface area contributed by atoms with Gasteiger partial charge in [-0.1, -0.05) is 42.5 Å². The van der Waals surface area contributed by atoms with Gasteiger partial charge in [-0.05, 0) is 48.1 Å². The highest BCUT2D eigenvalue weighted by molar-refractivity contribution is 7.12. The Kier molecular flexibility index (Phi) is 6.85. The van der Waals surface area contributed by atoms with Crippen LogP contribution in [0, 0.1) is 6.92 Å². The lowest BCUT2D eigenvalue weighted by Gasteiger charge is -2.37. The van der Waals surface area contributed by atoms with Gasteiger partial charge in [-0.3, -0.25) is 14.6 Å². The van der Waals surface area contributed by atoms with Crippen LogP contribution in [0.15, 0.2) is 88.8 Å². The summed E-state index contributed by atoms with van der Waals surface area (Å²) in [4.78, 5) is 18.8. The van der Waals surface area contributed by atoms with Crippen molar-refractivity contribution in [3.05, 3.63) is 101 Å². The van der Waals surface area contributed by atoms with E-state index in [-0.39, 0.29) is 11.9 Å². The van der Waals surface area contributed by atoms with Crippen LogP contribution >= 0.6 is 11.3 Å². The first-order valence-corrected chi connectivity index (χ1v) is 13.6. The molecule has 0 saturated carbocycles. The smallest absolute Gasteiger partial charge is 0.269 e. The number of thiophene rings is 1. The summed E-state index contributed by atoms with van der Waals surface area (Å²) in [5.41, 5.74) is 2.98. The van der Waals surface area contributed by atoms with Crippen LogP contribution in [0.3, 0.4) is 0 Å². The minimum Gasteiger partial charge on any atom is -0.421 e. The highest BCUT2D eigenvalue weighted by Crippen LogP contribution is 2.28. The molecule has 0 radical (unpaired) electrons. The van der Waals surface area contributed by atoms with Crippen LogP contribution in [0.25, 0.3) is 17.1 Å². The predicted octanol–water partition coefficient (Wildman–Crippen LogP) is 5.60. The van der Waals surface area contributed by atoms with Crippen molar-refractivity contribution in [2.75, 3.05) is 18.0 Å². The van der Waals surface area contributed by atoms with E-state index in [9.17, 15) is 4.79 Å². The third-order valence-electron chi connectivity index (χ3n) is 6.83. The summed E-state index contributed by atoms with van der Waals surface area (Å²) in [6.07, 6.45) is 3.68. The van der Waals surface area contributed by atoms with Crippen LogP contribution in [-0.4, -0.2) is 49.9 Å². The van der Waals surface area contributed by atoms with Crippen LogP contribution in [-0.2, 0) is 6.54 Å². The number of carbonyl (C=O) groups is 1. The van der Waals surface area contributed by atoms with E-state index in [4.69, 9.17) is 9.52 Å². The first-order valence-electron chi connectivity index (χ1n) is 12.7. The van der Waals surface area contributed by atoms with Crippen LogP contribution in [0.4, 0.5) is 5.82 Å². The number of benzene rings is 2. The average molecular weight is 525 g/mol. The highest BCUT2D eigenvalue weighted by atomic mass is 32.1. The molecule has 38 heavy (non-hydrogen) atoms. The van der Waals surface area contributed by atoms with E-state index in [1.54, 1.807) is 11.6 Å². The summed E-state index contributed by atoms with van der Waals surface area (Å²) in [7, 11) is 0.